The Hall–Kier alpha value is -2.24. The Morgan fingerprint density at radius 3 is 2.71 bits per heavy atom. The molecule has 1 aliphatic heterocycles. The normalized spacial score (nSPS) is 23.0. The van der Waals surface area contributed by atoms with E-state index in [1.165, 1.54) is 0 Å². The van der Waals surface area contributed by atoms with Crippen molar-refractivity contribution in [2.24, 2.45) is 11.8 Å². The smallest absolute Gasteiger partial charge is 0.306 e. The third-order valence-corrected chi connectivity index (χ3v) is 4.06. The molecule has 1 aromatic carbocycles. The highest BCUT2D eigenvalue weighted by atomic mass is 16.7. The predicted octanol–water partition coefficient (Wildman–Crippen LogP) is 1.53. The van der Waals surface area contributed by atoms with Crippen LogP contribution in [0.2, 0.25) is 0 Å². The molecule has 0 spiro atoms. The van der Waals surface area contributed by atoms with Gasteiger partial charge in [-0.3, -0.25) is 9.59 Å². The van der Waals surface area contributed by atoms with E-state index in [1.54, 1.807) is 0 Å². The summed E-state index contributed by atoms with van der Waals surface area (Å²) >= 11 is 0. The van der Waals surface area contributed by atoms with Crippen LogP contribution in [0, 0.1) is 11.8 Å². The van der Waals surface area contributed by atoms with Crippen LogP contribution < -0.4 is 14.8 Å². The molecule has 3 rings (SSSR count). The molecular weight excluding hydrogens is 274 g/mol. The van der Waals surface area contributed by atoms with E-state index in [9.17, 15) is 9.59 Å². The second-order valence-corrected chi connectivity index (χ2v) is 5.45. The van der Waals surface area contributed by atoms with Gasteiger partial charge in [-0.25, -0.2) is 0 Å². The monoisotopic (exact) mass is 291 g/mol. The summed E-state index contributed by atoms with van der Waals surface area (Å²) in [5.74, 6) is -0.0531. The van der Waals surface area contributed by atoms with Gasteiger partial charge in [-0.2, -0.15) is 0 Å². The van der Waals surface area contributed by atoms with Crippen LogP contribution >= 0.6 is 0 Å². The fourth-order valence-corrected chi connectivity index (χ4v) is 2.83. The summed E-state index contributed by atoms with van der Waals surface area (Å²) in [7, 11) is 0. The predicted molar refractivity (Wildman–Crippen MR) is 72.9 cm³/mol. The number of carboxylic acids is 1. The minimum atomic E-state index is -0.805. The first-order chi connectivity index (χ1) is 10.1. The van der Waals surface area contributed by atoms with Crippen molar-refractivity contribution in [2.45, 2.75) is 25.8 Å². The number of hydrogen-bond acceptors (Lipinski definition) is 4. The van der Waals surface area contributed by atoms with Crippen molar-refractivity contribution in [3.05, 3.63) is 23.8 Å². The molecule has 2 atom stereocenters. The highest BCUT2D eigenvalue weighted by Gasteiger charge is 2.33. The van der Waals surface area contributed by atoms with Crippen molar-refractivity contribution >= 4 is 11.9 Å². The van der Waals surface area contributed by atoms with E-state index in [0.29, 0.717) is 37.3 Å². The average molecular weight is 291 g/mol. The number of hydrogen-bond donors (Lipinski definition) is 2. The van der Waals surface area contributed by atoms with Crippen LogP contribution in [0.3, 0.4) is 0 Å². The van der Waals surface area contributed by atoms with E-state index in [0.717, 1.165) is 5.56 Å². The van der Waals surface area contributed by atoms with Crippen molar-refractivity contribution in [1.82, 2.24) is 5.32 Å². The molecule has 0 radical (unpaired) electrons. The lowest BCUT2D eigenvalue weighted by molar-refractivity contribution is -0.141. The lowest BCUT2D eigenvalue weighted by Crippen LogP contribution is -2.29. The van der Waals surface area contributed by atoms with Gasteiger partial charge in [-0.15, -0.1) is 0 Å². The molecule has 2 aliphatic rings. The van der Waals surface area contributed by atoms with Gasteiger partial charge in [0.15, 0.2) is 11.5 Å². The van der Waals surface area contributed by atoms with Crippen LogP contribution in [0.15, 0.2) is 18.2 Å². The first-order valence-corrected chi connectivity index (χ1v) is 7.02. The van der Waals surface area contributed by atoms with Gasteiger partial charge in [-0.1, -0.05) is 6.07 Å². The third kappa shape index (κ3) is 2.94. The van der Waals surface area contributed by atoms with Gasteiger partial charge in [0, 0.05) is 12.5 Å². The topological polar surface area (TPSA) is 84.9 Å². The molecule has 1 heterocycles. The van der Waals surface area contributed by atoms with Gasteiger partial charge in [0.1, 0.15) is 0 Å². The Balaban J connectivity index is 1.53. The number of aliphatic carboxylic acids is 1. The molecule has 1 aliphatic carbocycles. The molecule has 2 unspecified atom stereocenters. The Bertz CT molecular complexity index is 571. The summed E-state index contributed by atoms with van der Waals surface area (Å²) in [6.07, 6.45) is 1.66. The maximum absolute atomic E-state index is 12.1. The molecule has 112 valence electrons. The molecule has 1 aromatic rings. The van der Waals surface area contributed by atoms with Crippen LogP contribution in [0.1, 0.15) is 24.8 Å². The van der Waals surface area contributed by atoms with Crippen LogP contribution in [0.5, 0.6) is 11.5 Å². The lowest BCUT2D eigenvalue weighted by atomic mass is 10.0. The first-order valence-electron chi connectivity index (χ1n) is 7.02. The Labute approximate surface area is 122 Å². The maximum Gasteiger partial charge on any atom is 0.306 e. The molecule has 1 fully saturated rings. The summed E-state index contributed by atoms with van der Waals surface area (Å²) < 4.78 is 10.5. The highest BCUT2D eigenvalue weighted by molar-refractivity contribution is 5.80. The first kappa shape index (κ1) is 13.7. The largest absolute Gasteiger partial charge is 0.481 e. The molecule has 1 saturated carbocycles. The summed E-state index contributed by atoms with van der Waals surface area (Å²) in [6, 6.07) is 5.54. The third-order valence-electron chi connectivity index (χ3n) is 4.06. The Morgan fingerprint density at radius 2 is 1.95 bits per heavy atom. The van der Waals surface area contributed by atoms with Gasteiger partial charge >= 0.3 is 5.97 Å². The molecular formula is C15H17NO5. The minimum absolute atomic E-state index is 0.0728. The van der Waals surface area contributed by atoms with Crippen molar-refractivity contribution < 1.29 is 24.2 Å². The lowest BCUT2D eigenvalue weighted by Gasteiger charge is -2.11. The van der Waals surface area contributed by atoms with E-state index in [4.69, 9.17) is 14.6 Å². The van der Waals surface area contributed by atoms with Gasteiger partial charge in [0.2, 0.25) is 12.7 Å². The summed E-state index contributed by atoms with van der Waals surface area (Å²) in [4.78, 5) is 23.0. The van der Waals surface area contributed by atoms with Crippen LogP contribution in [0.4, 0.5) is 0 Å². The second-order valence-electron chi connectivity index (χ2n) is 5.45. The number of rotatable bonds is 4. The van der Waals surface area contributed by atoms with Crippen molar-refractivity contribution in [3.63, 3.8) is 0 Å². The molecule has 6 nitrogen and oxygen atoms in total. The van der Waals surface area contributed by atoms with E-state index in [2.05, 4.69) is 5.32 Å². The molecule has 0 saturated heterocycles. The standard InChI is InChI=1S/C15H17NO5/c17-14(10-2-3-11(6-10)15(18)19)16-7-9-1-4-12-13(5-9)21-8-20-12/h1,4-5,10-11H,2-3,6-8H2,(H,16,17)(H,18,19). The molecule has 6 heteroatoms. The Morgan fingerprint density at radius 1 is 1.19 bits per heavy atom. The van der Waals surface area contributed by atoms with Gasteiger partial charge in [0.25, 0.3) is 0 Å². The van der Waals surface area contributed by atoms with Crippen LogP contribution in [-0.4, -0.2) is 23.8 Å². The summed E-state index contributed by atoms with van der Waals surface area (Å²) in [6.45, 7) is 0.632. The summed E-state index contributed by atoms with van der Waals surface area (Å²) in [5.41, 5.74) is 0.931. The molecule has 2 N–H and O–H groups in total. The number of ether oxygens (including phenoxy) is 2. The molecule has 1 amide bonds. The van der Waals surface area contributed by atoms with Crippen LogP contribution in [-0.2, 0) is 16.1 Å². The van der Waals surface area contributed by atoms with E-state index >= 15 is 0 Å². The zero-order valence-corrected chi connectivity index (χ0v) is 11.5. The number of carboxylic acid groups (broad SMARTS) is 1. The van der Waals surface area contributed by atoms with E-state index < -0.39 is 5.97 Å². The minimum Gasteiger partial charge on any atom is -0.481 e. The fourth-order valence-electron chi connectivity index (χ4n) is 2.83. The molecule has 0 aromatic heterocycles. The van der Waals surface area contributed by atoms with E-state index in [-0.39, 0.29) is 24.5 Å². The quantitative estimate of drug-likeness (QED) is 0.879. The average Bonchev–Trinajstić information content (AvgIpc) is 3.12. The maximum atomic E-state index is 12.1. The van der Waals surface area contributed by atoms with Crippen LogP contribution in [0.25, 0.3) is 0 Å². The number of fused-ring (bicyclic) bond motifs is 1. The van der Waals surface area contributed by atoms with Gasteiger partial charge in [-0.05, 0) is 37.0 Å². The number of nitrogens with one attached hydrogen (secondary N) is 1. The highest BCUT2D eigenvalue weighted by Crippen LogP contribution is 2.33. The number of benzene rings is 1. The zero-order valence-electron chi connectivity index (χ0n) is 11.5. The van der Waals surface area contributed by atoms with Crippen molar-refractivity contribution in [3.8, 4) is 11.5 Å². The molecule has 0 bridgehead atoms. The van der Waals surface area contributed by atoms with E-state index in [1.807, 2.05) is 18.2 Å². The number of carbonyl (C=O) groups excluding carboxylic acids is 1. The fraction of sp³-hybridized carbons (Fsp3) is 0.467. The van der Waals surface area contributed by atoms with Gasteiger partial charge in [0.05, 0.1) is 5.92 Å². The molecule has 21 heavy (non-hydrogen) atoms. The second kappa shape index (κ2) is 5.63. The number of carbonyl (C=O) groups is 2. The zero-order chi connectivity index (χ0) is 14.8. The van der Waals surface area contributed by atoms with Gasteiger partial charge < -0.3 is 19.9 Å². The SMILES string of the molecule is O=C(O)C1CCC(C(=O)NCc2ccc3c(c2)OCO3)C1. The number of amides is 1. The van der Waals surface area contributed by atoms with Crippen molar-refractivity contribution in [1.29, 1.82) is 0 Å². The summed E-state index contributed by atoms with van der Waals surface area (Å²) in [5, 5.41) is 11.8. The Kier molecular flexibility index (Phi) is 3.68. The van der Waals surface area contributed by atoms with Crippen molar-refractivity contribution in [2.75, 3.05) is 6.79 Å².